The summed E-state index contributed by atoms with van der Waals surface area (Å²) in [6.45, 7) is 5.31. The number of amides is 3. The first-order valence-electron chi connectivity index (χ1n) is 23.9. The third-order valence-corrected chi connectivity index (χ3v) is 14.6. The standard InChI is InChI=1S/C52H57N11O5S/c1-31-9-21-40-46(47(69-51(40)55-31)49(65)57-36-17-15-35-27-39(20-16-34(35)26-36)63-28-37-18-19-38(29-63)56-37)54-24-6-5-23-53-45(64)22-14-32-10-12-33(13-11-32)25-44-59-48(61-60-44)50(66)58-41-30-68-43-8-4-3-7-42(43)62(2)52(41)67/h3-4,7-13,16,20-21,27,36-38,41,45,53-54,56,64H,5-6,15,17-19,23-26,28-30H2,1-2H3,(H,57,65)(H,58,66)(H,59,60,61)/t36-,37-,38+,41-,45?/m0/s1. The Morgan fingerprint density at radius 1 is 0.942 bits per heavy atom. The lowest BCUT2D eigenvalue weighted by Crippen LogP contribution is -2.51. The smallest absolute Gasteiger partial charge is 0.291 e. The minimum Gasteiger partial charge on any atom is -0.489 e. The monoisotopic (exact) mass is 947 g/mol. The number of aliphatic hydroxyl groups excluding tert-OH is 1. The summed E-state index contributed by atoms with van der Waals surface area (Å²) in [4.78, 5) is 54.6. The molecule has 2 saturated heterocycles. The first kappa shape index (κ1) is 45.9. The van der Waals surface area contributed by atoms with Crippen LogP contribution in [0.25, 0.3) is 10.2 Å². The number of aryl methyl sites for hydroxylation is 2. The van der Waals surface area contributed by atoms with Crippen molar-refractivity contribution in [2.24, 2.45) is 0 Å². The van der Waals surface area contributed by atoms with E-state index in [0.717, 1.165) is 77.9 Å². The molecule has 2 fully saturated rings. The summed E-state index contributed by atoms with van der Waals surface area (Å²) in [5.74, 6) is 5.90. The van der Waals surface area contributed by atoms with Crippen molar-refractivity contribution in [1.29, 1.82) is 0 Å². The number of H-pyrrole nitrogens is 1. The number of aromatic amines is 1. The van der Waals surface area contributed by atoms with Crippen LogP contribution in [-0.4, -0.2) is 113 Å². The molecule has 17 heteroatoms. The number of rotatable bonds is 14. The number of nitrogens with one attached hydrogen (secondary N) is 6. The van der Waals surface area contributed by atoms with Gasteiger partial charge in [-0.15, -0.1) is 16.4 Å². The number of hydrogen-bond acceptors (Lipinski definition) is 13. The topological polar surface area (TPSA) is 202 Å². The molecule has 0 spiro atoms. The average Bonchev–Trinajstić information content (AvgIpc) is 4.06. The van der Waals surface area contributed by atoms with E-state index in [-0.39, 0.29) is 30.3 Å². The number of unbranched alkanes of at least 4 members (excludes halogenated alkanes) is 1. The van der Waals surface area contributed by atoms with Crippen LogP contribution in [0.3, 0.4) is 0 Å². The molecule has 6 aromatic rings. The van der Waals surface area contributed by atoms with Crippen LogP contribution in [0.4, 0.5) is 17.1 Å². The maximum absolute atomic E-state index is 14.0. The van der Waals surface area contributed by atoms with Crippen LogP contribution in [-0.2, 0) is 24.1 Å². The fourth-order valence-corrected chi connectivity index (χ4v) is 10.9. The normalized spacial score (nSPS) is 20.0. The molecule has 69 heavy (non-hydrogen) atoms. The number of nitrogens with zero attached hydrogens (tertiary/aromatic N) is 5. The summed E-state index contributed by atoms with van der Waals surface area (Å²) in [5, 5.41) is 34.9. The molecular formula is C52H57N11O5S. The van der Waals surface area contributed by atoms with Gasteiger partial charge in [0.15, 0.2) is 6.23 Å². The van der Waals surface area contributed by atoms with E-state index >= 15 is 0 Å². The van der Waals surface area contributed by atoms with Crippen LogP contribution < -0.4 is 41.1 Å². The number of para-hydroxylation sites is 2. The molecule has 1 unspecified atom stereocenters. The molecule has 3 amide bonds. The number of fused-ring (bicyclic) bond motifs is 5. The van der Waals surface area contributed by atoms with E-state index in [4.69, 9.17) is 9.72 Å². The van der Waals surface area contributed by atoms with Gasteiger partial charge in [0.2, 0.25) is 5.82 Å². The number of aliphatic hydroxyl groups is 1. The number of anilines is 3. The number of hydrogen-bond donors (Lipinski definition) is 7. The number of thiophene rings is 1. The number of carbonyl (C=O) groups excluding carboxylic acids is 3. The second-order valence-corrected chi connectivity index (χ2v) is 19.5. The quantitative estimate of drug-likeness (QED) is 0.0446. The Morgan fingerprint density at radius 2 is 1.75 bits per heavy atom. The molecular weight excluding hydrogens is 891 g/mol. The van der Waals surface area contributed by atoms with Gasteiger partial charge in [-0.25, -0.2) is 9.97 Å². The van der Waals surface area contributed by atoms with E-state index in [1.807, 2.05) is 55.5 Å². The zero-order chi connectivity index (χ0) is 47.4. The van der Waals surface area contributed by atoms with Gasteiger partial charge in [-0.2, -0.15) is 0 Å². The molecule has 3 aromatic carbocycles. The zero-order valence-electron chi connectivity index (χ0n) is 38.8. The molecule has 3 aromatic heterocycles. The molecule has 356 valence electrons. The van der Waals surface area contributed by atoms with Crippen LogP contribution in [0.2, 0.25) is 0 Å². The van der Waals surface area contributed by atoms with Gasteiger partial charge in [0.05, 0.1) is 11.4 Å². The Kier molecular flexibility index (Phi) is 13.6. The lowest BCUT2D eigenvalue weighted by molar-refractivity contribution is -0.120. The van der Waals surface area contributed by atoms with Crippen molar-refractivity contribution < 1.29 is 24.2 Å². The third kappa shape index (κ3) is 10.6. The van der Waals surface area contributed by atoms with Crippen molar-refractivity contribution in [3.8, 4) is 17.6 Å². The number of carbonyl (C=O) groups is 3. The Hall–Kier alpha value is -6.84. The fraction of sp³-hybridized carbons (Fsp3) is 0.385. The Morgan fingerprint density at radius 3 is 2.59 bits per heavy atom. The van der Waals surface area contributed by atoms with Crippen molar-refractivity contribution in [3.05, 3.63) is 123 Å². The second kappa shape index (κ2) is 20.4. The van der Waals surface area contributed by atoms with Gasteiger partial charge in [-0.05, 0) is 130 Å². The molecule has 1 aliphatic carbocycles. The number of piperazine rings is 1. The minimum atomic E-state index is -1.01. The van der Waals surface area contributed by atoms with Crippen LogP contribution in [0.5, 0.6) is 5.75 Å². The van der Waals surface area contributed by atoms with Gasteiger partial charge in [-0.1, -0.05) is 36.3 Å². The van der Waals surface area contributed by atoms with Crippen LogP contribution in [0.1, 0.15) is 86.2 Å². The second-order valence-electron chi connectivity index (χ2n) is 18.5. The molecule has 16 nitrogen and oxygen atoms in total. The highest BCUT2D eigenvalue weighted by molar-refractivity contribution is 7.21. The summed E-state index contributed by atoms with van der Waals surface area (Å²) < 4.78 is 5.79. The van der Waals surface area contributed by atoms with Gasteiger partial charge in [0.1, 0.15) is 33.9 Å². The summed E-state index contributed by atoms with van der Waals surface area (Å²) in [5.41, 5.74) is 8.06. The summed E-state index contributed by atoms with van der Waals surface area (Å²) >= 11 is 1.44. The number of aromatic nitrogens is 4. The highest BCUT2D eigenvalue weighted by atomic mass is 32.1. The lowest BCUT2D eigenvalue weighted by atomic mass is 9.87. The van der Waals surface area contributed by atoms with Crippen molar-refractivity contribution in [3.63, 3.8) is 0 Å². The zero-order valence-corrected chi connectivity index (χ0v) is 39.6. The summed E-state index contributed by atoms with van der Waals surface area (Å²) in [6.07, 6.45) is 6.19. The predicted molar refractivity (Wildman–Crippen MR) is 267 cm³/mol. The maximum Gasteiger partial charge on any atom is 0.291 e. The molecule has 10 rings (SSSR count). The van der Waals surface area contributed by atoms with Crippen molar-refractivity contribution in [1.82, 2.24) is 41.4 Å². The van der Waals surface area contributed by atoms with Gasteiger partial charge in [0.25, 0.3) is 17.7 Å². The SMILES string of the molecule is Cc1ccc2c(NCCCCNC(O)C#Cc3ccc(Cc4nc(C(=O)N[C@H]5COc6ccccc6N(C)C5=O)n[nH]4)cc3)c(C(=O)N[C@H]3CCc4cc(N5C[C@H]6CC[C@@H](C5)N6)ccc4C3)sc2n1. The molecule has 0 radical (unpaired) electrons. The van der Waals surface area contributed by atoms with Gasteiger partial charge < -0.3 is 40.9 Å². The largest absolute Gasteiger partial charge is 0.489 e. The van der Waals surface area contributed by atoms with Crippen LogP contribution in [0.15, 0.2) is 78.9 Å². The lowest BCUT2D eigenvalue weighted by Gasteiger charge is -2.35. The van der Waals surface area contributed by atoms with Crippen molar-refractivity contribution >= 4 is 56.3 Å². The van der Waals surface area contributed by atoms with Crippen LogP contribution >= 0.6 is 11.3 Å². The van der Waals surface area contributed by atoms with E-state index < -0.39 is 18.2 Å². The molecule has 6 heterocycles. The highest BCUT2D eigenvalue weighted by Gasteiger charge is 2.34. The van der Waals surface area contributed by atoms with E-state index in [1.54, 1.807) is 19.2 Å². The third-order valence-electron chi connectivity index (χ3n) is 13.5. The number of ether oxygens (including phenoxy) is 1. The van der Waals surface area contributed by atoms with Crippen molar-refractivity contribution in [2.45, 2.75) is 88.7 Å². The van der Waals surface area contributed by atoms with Gasteiger partial charge in [0, 0.05) is 73.6 Å². The summed E-state index contributed by atoms with van der Waals surface area (Å²) in [7, 11) is 1.64. The molecule has 2 bridgehead atoms. The minimum absolute atomic E-state index is 0.0174. The number of likely N-dealkylation sites (N-methyl/N-ethyl adjacent to an activating group) is 1. The average molecular weight is 948 g/mol. The van der Waals surface area contributed by atoms with Gasteiger partial charge >= 0.3 is 0 Å². The van der Waals surface area contributed by atoms with Crippen LogP contribution in [0, 0.1) is 18.8 Å². The van der Waals surface area contributed by atoms with Crippen molar-refractivity contribution in [2.75, 3.05) is 55.0 Å². The molecule has 3 aliphatic heterocycles. The van der Waals surface area contributed by atoms with E-state index in [1.165, 1.54) is 45.9 Å². The molecule has 0 saturated carbocycles. The fourth-order valence-electron chi connectivity index (χ4n) is 9.79. The molecule has 4 aliphatic rings. The Balaban J connectivity index is 0.662. The Labute approximate surface area is 405 Å². The summed E-state index contributed by atoms with van der Waals surface area (Å²) in [6, 6.07) is 26.0. The van der Waals surface area contributed by atoms with E-state index in [2.05, 4.69) is 76.7 Å². The maximum atomic E-state index is 14.0. The van der Waals surface area contributed by atoms with E-state index in [0.29, 0.717) is 53.7 Å². The Bertz CT molecular complexity index is 2910. The highest BCUT2D eigenvalue weighted by Crippen LogP contribution is 2.36. The first-order chi connectivity index (χ1) is 33.6. The predicted octanol–water partition coefficient (Wildman–Crippen LogP) is 4.85. The van der Waals surface area contributed by atoms with Gasteiger partial charge in [-0.3, -0.25) is 24.8 Å². The molecule has 7 N–H and O–H groups in total. The molecule has 5 atom stereocenters. The van der Waals surface area contributed by atoms with E-state index in [9.17, 15) is 19.5 Å². The first-order valence-corrected chi connectivity index (χ1v) is 24.7. The number of pyridine rings is 1. The number of benzene rings is 3.